The molecule has 0 unspecified atom stereocenters. The molecule has 0 aromatic heterocycles. The van der Waals surface area contributed by atoms with Crippen LogP contribution in [-0.2, 0) is 9.59 Å². The third-order valence-corrected chi connectivity index (χ3v) is 3.51. The van der Waals surface area contributed by atoms with Crippen molar-refractivity contribution in [2.75, 3.05) is 26.7 Å². The van der Waals surface area contributed by atoms with Crippen molar-refractivity contribution >= 4 is 11.9 Å². The number of aliphatic carboxylic acids is 2. The standard InChI is InChI=1S/C13H30N.C4H4O4.K/c1-5-8-11-14(4,12-9-6-2)13-10-7-3;5-3(6)1-2-4(7)8;/h5-13H2,1-4H3;1-2H,(H,5,6)(H,7,8);/q+1;;+1/p-2/b;2-1-;. The molecule has 0 spiro atoms. The Bertz CT molecular complexity index is 295. The third-order valence-electron chi connectivity index (χ3n) is 3.51. The maximum absolute atomic E-state index is 9.41. The van der Waals surface area contributed by atoms with Crippen LogP contribution in [0.4, 0.5) is 0 Å². The molecule has 130 valence electrons. The zero-order chi connectivity index (χ0) is 17.4. The van der Waals surface area contributed by atoms with Gasteiger partial charge in [-0.05, 0) is 31.4 Å². The molecule has 0 heterocycles. The van der Waals surface area contributed by atoms with Gasteiger partial charge >= 0.3 is 51.4 Å². The van der Waals surface area contributed by atoms with Gasteiger partial charge in [-0.25, -0.2) is 0 Å². The zero-order valence-electron chi connectivity index (χ0n) is 15.6. The first-order valence-corrected chi connectivity index (χ1v) is 8.24. The van der Waals surface area contributed by atoms with E-state index >= 15 is 0 Å². The molecule has 0 fully saturated rings. The SMILES string of the molecule is CCCC[N+](C)(CCCC)CCCC.O=C([O-])/C=C\C(=O)[O-].[K+]. The van der Waals surface area contributed by atoms with Gasteiger partial charge in [0.25, 0.3) is 0 Å². The first-order chi connectivity index (χ1) is 10.3. The quantitative estimate of drug-likeness (QED) is 0.242. The number of unbranched alkanes of at least 4 members (excludes halogenated alkanes) is 3. The smallest absolute Gasteiger partial charge is 0.545 e. The number of rotatable bonds is 11. The van der Waals surface area contributed by atoms with E-state index in [0.29, 0.717) is 12.2 Å². The number of carbonyl (C=O) groups excluding carboxylic acids is 2. The summed E-state index contributed by atoms with van der Waals surface area (Å²) in [5, 5.41) is 18.8. The van der Waals surface area contributed by atoms with Crippen molar-refractivity contribution in [3.8, 4) is 0 Å². The Labute approximate surface area is 184 Å². The minimum atomic E-state index is -1.55. The number of carboxylic acid groups (broad SMARTS) is 2. The zero-order valence-corrected chi connectivity index (χ0v) is 18.7. The Hall–Kier alpha value is 0.276. The van der Waals surface area contributed by atoms with E-state index in [1.165, 1.54) is 62.6 Å². The summed E-state index contributed by atoms with van der Waals surface area (Å²) in [7, 11) is 2.45. The topological polar surface area (TPSA) is 80.3 Å². The molecule has 0 rings (SSSR count). The molecule has 23 heavy (non-hydrogen) atoms. The summed E-state index contributed by atoms with van der Waals surface area (Å²) in [4.78, 5) is 18.8. The Kier molecular flexibility index (Phi) is 22.7. The van der Waals surface area contributed by atoms with Gasteiger partial charge in [-0.1, -0.05) is 40.0 Å². The number of hydrogen-bond donors (Lipinski definition) is 0. The van der Waals surface area contributed by atoms with E-state index in [-0.39, 0.29) is 51.4 Å². The van der Waals surface area contributed by atoms with E-state index in [4.69, 9.17) is 0 Å². The maximum atomic E-state index is 9.41. The summed E-state index contributed by atoms with van der Waals surface area (Å²) in [6, 6.07) is 0. The van der Waals surface area contributed by atoms with Crippen molar-refractivity contribution in [3.63, 3.8) is 0 Å². The Morgan fingerprint density at radius 1 is 0.783 bits per heavy atom. The van der Waals surface area contributed by atoms with Crippen molar-refractivity contribution in [2.45, 2.75) is 59.3 Å². The molecule has 0 aliphatic carbocycles. The molecule has 0 aliphatic heterocycles. The molecule has 0 aromatic carbocycles. The Morgan fingerprint density at radius 2 is 1.04 bits per heavy atom. The van der Waals surface area contributed by atoms with Crippen molar-refractivity contribution in [3.05, 3.63) is 12.2 Å². The van der Waals surface area contributed by atoms with E-state index in [1.54, 1.807) is 0 Å². The van der Waals surface area contributed by atoms with Gasteiger partial charge in [0, 0.05) is 0 Å². The number of carboxylic acids is 2. The van der Waals surface area contributed by atoms with E-state index in [0.717, 1.165) is 0 Å². The number of quaternary nitrogens is 1. The van der Waals surface area contributed by atoms with Gasteiger partial charge in [0.15, 0.2) is 0 Å². The van der Waals surface area contributed by atoms with Crippen LogP contribution in [0.25, 0.3) is 0 Å². The normalized spacial score (nSPS) is 10.6. The fourth-order valence-corrected chi connectivity index (χ4v) is 2.09. The molecule has 0 saturated carbocycles. The number of carbonyl (C=O) groups is 2. The molecule has 0 aliphatic rings. The molecular weight excluding hydrogens is 321 g/mol. The van der Waals surface area contributed by atoms with Crippen LogP contribution in [0.1, 0.15) is 59.3 Å². The average Bonchev–Trinajstić information content (AvgIpc) is 2.48. The van der Waals surface area contributed by atoms with Crippen LogP contribution < -0.4 is 61.6 Å². The van der Waals surface area contributed by atoms with Crippen LogP contribution in [-0.4, -0.2) is 43.1 Å². The summed E-state index contributed by atoms with van der Waals surface area (Å²) in [6.07, 6.45) is 8.97. The summed E-state index contributed by atoms with van der Waals surface area (Å²) in [5.41, 5.74) is 0. The molecular formula is C17H32KNO4. The molecule has 6 heteroatoms. The second-order valence-corrected chi connectivity index (χ2v) is 5.82. The second-order valence-electron chi connectivity index (χ2n) is 5.82. The first kappa shape index (κ1) is 28.1. The number of hydrogen-bond acceptors (Lipinski definition) is 4. The molecule has 0 bridgehead atoms. The molecule has 0 saturated heterocycles. The predicted molar refractivity (Wildman–Crippen MR) is 84.7 cm³/mol. The minimum absolute atomic E-state index is 0. The van der Waals surface area contributed by atoms with E-state index < -0.39 is 11.9 Å². The van der Waals surface area contributed by atoms with Crippen LogP contribution in [0.15, 0.2) is 12.2 Å². The van der Waals surface area contributed by atoms with Crippen molar-refractivity contribution < 1.29 is 75.7 Å². The first-order valence-electron chi connectivity index (χ1n) is 8.24. The van der Waals surface area contributed by atoms with E-state index in [1.807, 2.05) is 0 Å². The average molecular weight is 354 g/mol. The largest absolute Gasteiger partial charge is 1.00 e. The fraction of sp³-hybridized carbons (Fsp3) is 0.765. The fourth-order valence-electron chi connectivity index (χ4n) is 2.09. The van der Waals surface area contributed by atoms with Gasteiger partial charge in [-0.15, -0.1) is 0 Å². The van der Waals surface area contributed by atoms with Gasteiger partial charge in [-0.2, -0.15) is 0 Å². The van der Waals surface area contributed by atoms with Crippen LogP contribution in [0.3, 0.4) is 0 Å². The summed E-state index contributed by atoms with van der Waals surface area (Å²) >= 11 is 0. The molecule has 0 radical (unpaired) electrons. The maximum Gasteiger partial charge on any atom is 1.00 e. The summed E-state index contributed by atoms with van der Waals surface area (Å²) < 4.78 is 1.32. The molecule has 5 nitrogen and oxygen atoms in total. The molecule has 0 aromatic rings. The minimum Gasteiger partial charge on any atom is -0.545 e. The van der Waals surface area contributed by atoms with Gasteiger partial charge in [-0.3, -0.25) is 0 Å². The molecule has 0 amide bonds. The van der Waals surface area contributed by atoms with Crippen LogP contribution in [0.2, 0.25) is 0 Å². The molecule has 0 atom stereocenters. The van der Waals surface area contributed by atoms with E-state index in [9.17, 15) is 19.8 Å². The van der Waals surface area contributed by atoms with Gasteiger partial charge in [0.05, 0.1) is 38.6 Å². The summed E-state index contributed by atoms with van der Waals surface area (Å²) in [6.45, 7) is 11.0. The van der Waals surface area contributed by atoms with Crippen LogP contribution in [0.5, 0.6) is 0 Å². The third kappa shape index (κ3) is 22.3. The molecule has 0 N–H and O–H groups in total. The van der Waals surface area contributed by atoms with Gasteiger partial charge < -0.3 is 24.3 Å². The van der Waals surface area contributed by atoms with Gasteiger partial charge in [0.1, 0.15) is 0 Å². The predicted octanol–water partition coefficient (Wildman–Crippen LogP) is -2.12. The monoisotopic (exact) mass is 353 g/mol. The van der Waals surface area contributed by atoms with E-state index in [2.05, 4.69) is 27.8 Å². The van der Waals surface area contributed by atoms with Crippen molar-refractivity contribution in [1.82, 2.24) is 0 Å². The van der Waals surface area contributed by atoms with Gasteiger partial charge in [0.2, 0.25) is 0 Å². The Morgan fingerprint density at radius 3 is 1.22 bits per heavy atom. The van der Waals surface area contributed by atoms with Crippen molar-refractivity contribution in [1.29, 1.82) is 0 Å². The van der Waals surface area contributed by atoms with Crippen LogP contribution in [0, 0.1) is 0 Å². The number of nitrogens with zero attached hydrogens (tertiary/aromatic N) is 1. The Balaban J connectivity index is -0.000000382. The van der Waals surface area contributed by atoms with Crippen LogP contribution >= 0.6 is 0 Å². The van der Waals surface area contributed by atoms with Crippen molar-refractivity contribution in [2.24, 2.45) is 0 Å². The summed E-state index contributed by atoms with van der Waals surface area (Å²) in [5.74, 6) is -3.09. The second kappa shape index (κ2) is 18.6.